The van der Waals surface area contributed by atoms with Gasteiger partial charge in [0.1, 0.15) is 19.8 Å². The van der Waals surface area contributed by atoms with Crippen LogP contribution < -0.4 is 0 Å². The van der Waals surface area contributed by atoms with Crippen molar-refractivity contribution in [2.24, 2.45) is 0 Å². The van der Waals surface area contributed by atoms with Crippen molar-refractivity contribution < 1.29 is 42.1 Å². The van der Waals surface area contributed by atoms with E-state index in [1.165, 1.54) is 116 Å². The van der Waals surface area contributed by atoms with Gasteiger partial charge < -0.3 is 18.9 Å². The highest BCUT2D eigenvalue weighted by Crippen LogP contribution is 2.43. The summed E-state index contributed by atoms with van der Waals surface area (Å²) in [4.78, 5) is 35.6. The van der Waals surface area contributed by atoms with Gasteiger partial charge in [-0.05, 0) is 64.2 Å². The van der Waals surface area contributed by atoms with Gasteiger partial charge in [0.05, 0.1) is 27.7 Å². The van der Waals surface area contributed by atoms with E-state index in [0.29, 0.717) is 23.9 Å². The fourth-order valence-electron chi connectivity index (χ4n) is 7.24. The molecule has 0 radical (unpaired) electrons. The Morgan fingerprint density at radius 2 is 0.838 bits per heavy atom. The molecule has 0 spiro atoms. The number of phosphoric acid groups is 1. The highest BCUT2D eigenvalue weighted by Gasteiger charge is 2.27. The molecule has 0 fully saturated rings. The van der Waals surface area contributed by atoms with Crippen LogP contribution in [0.25, 0.3) is 0 Å². The molecule has 0 rings (SSSR count). The molecular weight excluding hydrogens is 870 g/mol. The quantitative estimate of drug-likeness (QED) is 0.0211. The summed E-state index contributed by atoms with van der Waals surface area (Å²) in [5.41, 5.74) is 0. The van der Waals surface area contributed by atoms with Gasteiger partial charge in [-0.15, -0.1) is 0 Å². The van der Waals surface area contributed by atoms with E-state index in [0.717, 1.165) is 64.2 Å². The average molecular weight is 973 g/mol. The highest BCUT2D eigenvalue weighted by molar-refractivity contribution is 7.47. The number of hydrogen-bond donors (Lipinski definition) is 1. The number of phosphoric ester groups is 1. The molecule has 392 valence electrons. The van der Waals surface area contributed by atoms with Crippen LogP contribution in [0.3, 0.4) is 0 Å². The Morgan fingerprint density at radius 3 is 1.24 bits per heavy atom. The lowest BCUT2D eigenvalue weighted by molar-refractivity contribution is -0.870. The van der Waals surface area contributed by atoms with Crippen LogP contribution in [-0.2, 0) is 32.7 Å². The van der Waals surface area contributed by atoms with Crippen molar-refractivity contribution >= 4 is 19.8 Å². The second-order valence-electron chi connectivity index (χ2n) is 19.2. The summed E-state index contributed by atoms with van der Waals surface area (Å²) >= 11 is 0. The number of nitrogens with zero attached hydrogens (tertiary/aromatic N) is 1. The Morgan fingerprint density at radius 1 is 0.471 bits per heavy atom. The van der Waals surface area contributed by atoms with Crippen LogP contribution in [0.4, 0.5) is 0 Å². The predicted octanol–water partition coefficient (Wildman–Crippen LogP) is 16.7. The van der Waals surface area contributed by atoms with Crippen molar-refractivity contribution in [3.8, 4) is 0 Å². The summed E-state index contributed by atoms with van der Waals surface area (Å²) < 4.78 is 34.4. The van der Waals surface area contributed by atoms with Gasteiger partial charge in [-0.1, -0.05) is 227 Å². The van der Waals surface area contributed by atoms with E-state index < -0.39 is 26.5 Å². The Kier molecular flexibility index (Phi) is 47.2. The van der Waals surface area contributed by atoms with E-state index in [4.69, 9.17) is 18.5 Å². The Labute approximate surface area is 418 Å². The van der Waals surface area contributed by atoms with E-state index in [-0.39, 0.29) is 32.0 Å². The zero-order valence-electron chi connectivity index (χ0n) is 44.3. The van der Waals surface area contributed by atoms with Gasteiger partial charge in [-0.25, -0.2) is 4.57 Å². The molecule has 0 aromatic carbocycles. The summed E-state index contributed by atoms with van der Waals surface area (Å²) in [7, 11) is 1.43. The van der Waals surface area contributed by atoms with Gasteiger partial charge in [-0.2, -0.15) is 0 Å². The van der Waals surface area contributed by atoms with E-state index in [9.17, 15) is 19.0 Å². The minimum atomic E-state index is -4.40. The first-order valence-corrected chi connectivity index (χ1v) is 28.8. The molecule has 0 aliphatic carbocycles. The first-order valence-electron chi connectivity index (χ1n) is 27.3. The molecule has 0 aliphatic rings. The van der Waals surface area contributed by atoms with Crippen LogP contribution >= 0.6 is 7.82 Å². The van der Waals surface area contributed by atoms with Gasteiger partial charge >= 0.3 is 19.8 Å². The third kappa shape index (κ3) is 52.6. The molecule has 0 saturated carbocycles. The number of carbonyl (C=O) groups is 2. The molecule has 0 aliphatic heterocycles. The number of carbonyl (C=O) groups excluding carboxylic acids is 2. The average Bonchev–Trinajstić information content (AvgIpc) is 3.30. The van der Waals surface area contributed by atoms with Gasteiger partial charge in [-0.3, -0.25) is 18.6 Å². The van der Waals surface area contributed by atoms with Crippen LogP contribution in [0.15, 0.2) is 85.1 Å². The Balaban J connectivity index is 4.32. The zero-order valence-corrected chi connectivity index (χ0v) is 45.2. The number of unbranched alkanes of at least 4 members (excludes halogenated alkanes) is 21. The van der Waals surface area contributed by atoms with Crippen molar-refractivity contribution in [2.75, 3.05) is 47.5 Å². The predicted molar refractivity (Wildman–Crippen MR) is 289 cm³/mol. The van der Waals surface area contributed by atoms with Crippen molar-refractivity contribution in [3.63, 3.8) is 0 Å². The van der Waals surface area contributed by atoms with Crippen LogP contribution in [0.5, 0.6) is 0 Å². The van der Waals surface area contributed by atoms with E-state index in [1.54, 1.807) is 0 Å². The fraction of sp³-hybridized carbons (Fsp3) is 0.724. The maximum atomic E-state index is 12.8. The van der Waals surface area contributed by atoms with E-state index in [2.05, 4.69) is 92.8 Å². The minimum Gasteiger partial charge on any atom is -0.462 e. The third-order valence-corrected chi connectivity index (χ3v) is 12.4. The maximum absolute atomic E-state index is 12.8. The van der Waals surface area contributed by atoms with Crippen molar-refractivity contribution in [1.82, 2.24) is 0 Å². The summed E-state index contributed by atoms with van der Waals surface area (Å²) in [5.74, 6) is -0.865. The van der Waals surface area contributed by atoms with Crippen molar-refractivity contribution in [1.29, 1.82) is 0 Å². The molecule has 0 aromatic rings. The number of rotatable bonds is 49. The summed E-state index contributed by atoms with van der Waals surface area (Å²) in [6.45, 7) is 4.26. The molecule has 1 N–H and O–H groups in total. The Bertz CT molecular complexity index is 1420. The summed E-state index contributed by atoms with van der Waals surface area (Å²) in [5, 5.41) is 0. The molecule has 9 nitrogen and oxygen atoms in total. The van der Waals surface area contributed by atoms with Crippen molar-refractivity contribution in [2.45, 2.75) is 225 Å². The number of hydrogen-bond acceptors (Lipinski definition) is 7. The largest absolute Gasteiger partial charge is 0.472 e. The number of likely N-dealkylation sites (N-methyl/N-ethyl adjacent to an activating group) is 1. The van der Waals surface area contributed by atoms with Crippen LogP contribution in [-0.4, -0.2) is 74.9 Å². The van der Waals surface area contributed by atoms with Gasteiger partial charge in [0.15, 0.2) is 6.10 Å². The lowest BCUT2D eigenvalue weighted by Gasteiger charge is -2.24. The zero-order chi connectivity index (χ0) is 49.9. The number of ether oxygens (including phenoxy) is 2. The maximum Gasteiger partial charge on any atom is 0.472 e. The Hall–Kier alpha value is -2.81. The molecular formula is C58H103NO8P+. The monoisotopic (exact) mass is 973 g/mol. The molecule has 0 saturated heterocycles. The minimum absolute atomic E-state index is 0.0177. The molecule has 0 amide bonds. The first kappa shape index (κ1) is 65.2. The second-order valence-corrected chi connectivity index (χ2v) is 20.7. The standard InChI is InChI=1S/C58H102NO8P/c1-6-8-10-12-14-16-18-20-22-24-26-28-29-31-33-35-37-39-41-43-45-47-49-51-58(61)67-56(55-66-68(62,63)65-53-52-59(3,4)5)54-64-57(60)50-48-46-44-42-40-38-36-34-32-30-27-25-23-21-19-17-15-13-11-9-7-2/h8,10,14,16,20,22,26,28,31,33,37,39,43,45,56H,6-7,9,11-13,15,17-19,21,23-25,27,29-30,32,34-36,38,40-42,44,46-55H2,1-5H3/p+1/b10-8-,16-14-,22-20-,28-26-,33-31-,39-37-,45-43-. The summed E-state index contributed by atoms with van der Waals surface area (Å²) in [6, 6.07) is 0. The molecule has 2 atom stereocenters. The number of quaternary nitrogens is 1. The molecule has 68 heavy (non-hydrogen) atoms. The topological polar surface area (TPSA) is 108 Å². The van der Waals surface area contributed by atoms with E-state index in [1.807, 2.05) is 27.2 Å². The SMILES string of the molecule is CC/C=C\C/C=C\C/C=C\C/C=C\C/C=C\C/C=C\C/C=C\CCCC(=O)OC(COC(=O)CCCCCCCCCCCCCCCCCCCCCCC)COP(=O)(O)OCC[N+](C)(C)C. The van der Waals surface area contributed by atoms with E-state index >= 15 is 0 Å². The molecule has 0 aromatic heterocycles. The van der Waals surface area contributed by atoms with Gasteiger partial charge in [0.25, 0.3) is 0 Å². The van der Waals surface area contributed by atoms with Crippen molar-refractivity contribution in [3.05, 3.63) is 85.1 Å². The van der Waals surface area contributed by atoms with Crippen LogP contribution in [0.2, 0.25) is 0 Å². The van der Waals surface area contributed by atoms with Crippen LogP contribution in [0.1, 0.15) is 219 Å². The normalized spacial score (nSPS) is 14.0. The molecule has 0 heterocycles. The molecule has 10 heteroatoms. The van der Waals surface area contributed by atoms with Gasteiger partial charge in [0.2, 0.25) is 0 Å². The molecule has 0 bridgehead atoms. The lowest BCUT2D eigenvalue weighted by Crippen LogP contribution is -2.37. The third-order valence-electron chi connectivity index (χ3n) is 11.4. The second kappa shape index (κ2) is 49.2. The highest BCUT2D eigenvalue weighted by atomic mass is 31.2. The molecule has 2 unspecified atom stereocenters. The number of esters is 2. The lowest BCUT2D eigenvalue weighted by atomic mass is 10.0. The number of allylic oxidation sites excluding steroid dienone is 14. The smallest absolute Gasteiger partial charge is 0.462 e. The first-order chi connectivity index (χ1) is 33.0. The summed E-state index contributed by atoms with van der Waals surface area (Å²) in [6.07, 6.45) is 65.1. The van der Waals surface area contributed by atoms with Gasteiger partial charge in [0, 0.05) is 12.8 Å². The van der Waals surface area contributed by atoms with Crippen LogP contribution in [0, 0.1) is 0 Å². The fourth-order valence-corrected chi connectivity index (χ4v) is 7.98.